The quantitative estimate of drug-likeness (QED) is 0.460. The van der Waals surface area contributed by atoms with Gasteiger partial charge in [0.25, 0.3) is 0 Å². The van der Waals surface area contributed by atoms with Crippen molar-refractivity contribution in [3.05, 3.63) is 28.2 Å². The topological polar surface area (TPSA) is 33.0 Å². The molecular formula is C15H19Br2NO. The number of nitrogens with zero attached hydrogens (tertiary/aromatic N) is 1. The number of alkyl halides is 1. The minimum absolute atomic E-state index is 0.228. The van der Waals surface area contributed by atoms with Gasteiger partial charge in [-0.25, -0.2) is 0 Å². The van der Waals surface area contributed by atoms with E-state index in [2.05, 4.69) is 37.9 Å². The van der Waals surface area contributed by atoms with Crippen LogP contribution in [0.25, 0.3) is 0 Å². The number of hydrogen-bond acceptors (Lipinski definition) is 2. The van der Waals surface area contributed by atoms with Crippen molar-refractivity contribution in [1.82, 2.24) is 0 Å². The Labute approximate surface area is 132 Å². The summed E-state index contributed by atoms with van der Waals surface area (Å²) < 4.78 is 6.84. The van der Waals surface area contributed by atoms with Crippen molar-refractivity contribution in [3.8, 4) is 11.8 Å². The molecule has 1 aromatic rings. The highest BCUT2D eigenvalue weighted by molar-refractivity contribution is 9.10. The molecule has 104 valence electrons. The molecule has 1 rings (SSSR count). The van der Waals surface area contributed by atoms with Crippen molar-refractivity contribution in [2.24, 2.45) is 5.41 Å². The molecule has 0 unspecified atom stereocenters. The third-order valence-corrected chi connectivity index (χ3v) is 4.17. The number of nitriles is 1. The van der Waals surface area contributed by atoms with E-state index in [4.69, 9.17) is 10.00 Å². The summed E-state index contributed by atoms with van der Waals surface area (Å²) in [7, 11) is 0. The van der Waals surface area contributed by atoms with E-state index in [1.807, 2.05) is 32.0 Å². The predicted molar refractivity (Wildman–Crippen MR) is 85.5 cm³/mol. The Kier molecular flexibility index (Phi) is 6.88. The van der Waals surface area contributed by atoms with Gasteiger partial charge in [-0.15, -0.1) is 0 Å². The lowest BCUT2D eigenvalue weighted by Crippen LogP contribution is -2.08. The zero-order valence-corrected chi connectivity index (χ0v) is 14.6. The van der Waals surface area contributed by atoms with E-state index in [-0.39, 0.29) is 5.41 Å². The molecule has 0 aliphatic carbocycles. The highest BCUT2D eigenvalue weighted by atomic mass is 79.9. The average molecular weight is 389 g/mol. The van der Waals surface area contributed by atoms with Gasteiger partial charge in [-0.3, -0.25) is 0 Å². The molecule has 4 heteroatoms. The molecule has 0 saturated heterocycles. The molecule has 0 aliphatic rings. The molecule has 19 heavy (non-hydrogen) atoms. The summed E-state index contributed by atoms with van der Waals surface area (Å²) in [5.41, 5.74) is 0.917. The van der Waals surface area contributed by atoms with E-state index in [1.54, 1.807) is 0 Å². The monoisotopic (exact) mass is 387 g/mol. The van der Waals surface area contributed by atoms with Gasteiger partial charge in [0.2, 0.25) is 0 Å². The van der Waals surface area contributed by atoms with Gasteiger partial charge < -0.3 is 4.74 Å². The molecule has 2 nitrogen and oxygen atoms in total. The summed E-state index contributed by atoms with van der Waals surface area (Å²) in [6, 6.07) is 8.36. The Morgan fingerprint density at radius 3 is 2.68 bits per heavy atom. The largest absolute Gasteiger partial charge is 0.492 e. The Bertz CT molecular complexity index is 452. The van der Waals surface area contributed by atoms with Crippen molar-refractivity contribution in [3.63, 3.8) is 0 Å². The zero-order chi connectivity index (χ0) is 14.3. The number of hydrogen-bond donors (Lipinski definition) is 0. The van der Waals surface area contributed by atoms with E-state index in [0.717, 1.165) is 40.4 Å². The summed E-state index contributed by atoms with van der Waals surface area (Å²) in [6.07, 6.45) is 2.89. The van der Waals surface area contributed by atoms with E-state index in [1.165, 1.54) is 0 Å². The summed E-state index contributed by atoms with van der Waals surface area (Å²) in [4.78, 5) is 0. The molecule has 0 bridgehead atoms. The van der Waals surface area contributed by atoms with Crippen LogP contribution >= 0.6 is 31.9 Å². The first-order valence-electron chi connectivity index (χ1n) is 6.37. The first kappa shape index (κ1) is 16.5. The van der Waals surface area contributed by atoms with Crippen molar-refractivity contribution >= 4 is 31.9 Å². The van der Waals surface area contributed by atoms with Gasteiger partial charge in [0.15, 0.2) is 0 Å². The minimum Gasteiger partial charge on any atom is -0.492 e. The third kappa shape index (κ3) is 5.54. The van der Waals surface area contributed by atoms with E-state index >= 15 is 0 Å². The molecular weight excluding hydrogens is 370 g/mol. The third-order valence-electron chi connectivity index (χ3n) is 2.94. The smallest absolute Gasteiger partial charge is 0.137 e. The fourth-order valence-electron chi connectivity index (χ4n) is 1.72. The summed E-state index contributed by atoms with van der Waals surface area (Å²) in [5.74, 6) is 0.916. The molecule has 1 aromatic carbocycles. The van der Waals surface area contributed by atoms with Crippen LogP contribution in [0, 0.1) is 16.7 Å². The van der Waals surface area contributed by atoms with Crippen LogP contribution in [0.5, 0.6) is 5.75 Å². The van der Waals surface area contributed by atoms with Gasteiger partial charge in [-0.05, 0) is 55.1 Å². The summed E-state index contributed by atoms with van der Waals surface area (Å²) >= 11 is 6.97. The Balaban J connectivity index is 2.40. The molecule has 0 radical (unpaired) electrons. The fourth-order valence-corrected chi connectivity index (χ4v) is 2.68. The zero-order valence-electron chi connectivity index (χ0n) is 11.4. The Morgan fingerprint density at radius 1 is 1.32 bits per heavy atom. The number of ether oxygens (including phenoxy) is 1. The molecule has 0 aromatic heterocycles. The standard InChI is InChI=1S/C15H19Br2NO/c1-15(2,11-18)8-3-4-9-19-14-12(10-16)6-5-7-13(14)17/h5-7H,3-4,8-10H2,1-2H3. The SMILES string of the molecule is CC(C)(C#N)CCCCOc1c(Br)cccc1CBr. The molecule has 0 heterocycles. The van der Waals surface area contributed by atoms with Gasteiger partial charge in [0.05, 0.1) is 22.6 Å². The molecule has 0 spiro atoms. The molecule has 0 saturated carbocycles. The lowest BCUT2D eigenvalue weighted by atomic mass is 9.89. The summed E-state index contributed by atoms with van der Waals surface area (Å²) in [5, 5.41) is 9.72. The van der Waals surface area contributed by atoms with Crippen LogP contribution in [-0.2, 0) is 5.33 Å². The lowest BCUT2D eigenvalue weighted by Gasteiger charge is -2.15. The van der Waals surface area contributed by atoms with Crippen molar-refractivity contribution in [2.75, 3.05) is 6.61 Å². The van der Waals surface area contributed by atoms with Crippen LogP contribution in [0.2, 0.25) is 0 Å². The van der Waals surface area contributed by atoms with Crippen LogP contribution in [0.15, 0.2) is 22.7 Å². The number of rotatable bonds is 7. The second kappa shape index (κ2) is 7.91. The molecule has 0 N–H and O–H groups in total. The number of para-hydroxylation sites is 1. The van der Waals surface area contributed by atoms with E-state index < -0.39 is 0 Å². The van der Waals surface area contributed by atoms with Gasteiger partial charge in [0, 0.05) is 10.9 Å². The molecule has 0 amide bonds. The van der Waals surface area contributed by atoms with Crippen LogP contribution in [0.4, 0.5) is 0 Å². The van der Waals surface area contributed by atoms with E-state index in [0.29, 0.717) is 6.61 Å². The maximum absolute atomic E-state index is 8.94. The van der Waals surface area contributed by atoms with Crippen LogP contribution in [0.1, 0.15) is 38.7 Å². The number of halogens is 2. The lowest BCUT2D eigenvalue weighted by molar-refractivity contribution is 0.291. The molecule has 0 aliphatic heterocycles. The number of benzene rings is 1. The first-order valence-corrected chi connectivity index (χ1v) is 8.29. The van der Waals surface area contributed by atoms with Crippen molar-refractivity contribution in [1.29, 1.82) is 5.26 Å². The van der Waals surface area contributed by atoms with E-state index in [9.17, 15) is 0 Å². The van der Waals surface area contributed by atoms with Crippen LogP contribution in [0.3, 0.4) is 0 Å². The second-order valence-corrected chi connectivity index (χ2v) is 6.58. The van der Waals surface area contributed by atoms with Gasteiger partial charge in [0.1, 0.15) is 5.75 Å². The fraction of sp³-hybridized carbons (Fsp3) is 0.533. The molecule has 0 fully saturated rings. The normalized spacial score (nSPS) is 11.1. The number of unbranched alkanes of at least 4 members (excludes halogenated alkanes) is 1. The maximum Gasteiger partial charge on any atom is 0.137 e. The predicted octanol–water partition coefficient (Wildman–Crippen LogP) is 5.44. The first-order chi connectivity index (χ1) is 9.00. The highest BCUT2D eigenvalue weighted by Crippen LogP contribution is 2.31. The highest BCUT2D eigenvalue weighted by Gasteiger charge is 2.15. The second-order valence-electron chi connectivity index (χ2n) is 5.16. The van der Waals surface area contributed by atoms with Crippen molar-refractivity contribution < 1.29 is 4.74 Å². The Hall–Kier alpha value is -0.530. The van der Waals surface area contributed by atoms with Gasteiger partial charge in [-0.2, -0.15) is 5.26 Å². The van der Waals surface area contributed by atoms with Crippen molar-refractivity contribution in [2.45, 2.75) is 38.4 Å². The molecule has 0 atom stereocenters. The minimum atomic E-state index is -0.228. The average Bonchev–Trinajstić information content (AvgIpc) is 2.39. The van der Waals surface area contributed by atoms with Gasteiger partial charge in [-0.1, -0.05) is 28.1 Å². The maximum atomic E-state index is 8.94. The summed E-state index contributed by atoms with van der Waals surface area (Å²) in [6.45, 7) is 4.64. The van der Waals surface area contributed by atoms with Crippen LogP contribution in [-0.4, -0.2) is 6.61 Å². The Morgan fingerprint density at radius 2 is 2.05 bits per heavy atom. The van der Waals surface area contributed by atoms with Crippen LogP contribution < -0.4 is 4.74 Å². The van der Waals surface area contributed by atoms with Gasteiger partial charge >= 0.3 is 0 Å².